The van der Waals surface area contributed by atoms with E-state index in [0.717, 1.165) is 23.1 Å². The third kappa shape index (κ3) is 4.28. The number of carbonyl (C=O) groups excluding carboxylic acids is 1. The van der Waals surface area contributed by atoms with Crippen LogP contribution in [0.25, 0.3) is 10.9 Å². The summed E-state index contributed by atoms with van der Waals surface area (Å²) in [6.07, 6.45) is 2.39. The first-order valence-electron chi connectivity index (χ1n) is 9.99. The Balaban J connectivity index is 1.43. The van der Waals surface area contributed by atoms with Gasteiger partial charge in [0.2, 0.25) is 5.75 Å². The van der Waals surface area contributed by atoms with Crippen molar-refractivity contribution in [2.45, 2.75) is 12.5 Å². The average molecular weight is 423 g/mol. The molecule has 1 unspecified atom stereocenters. The monoisotopic (exact) mass is 423 g/mol. The van der Waals surface area contributed by atoms with Gasteiger partial charge in [-0.3, -0.25) is 4.98 Å². The van der Waals surface area contributed by atoms with Crippen molar-refractivity contribution in [3.05, 3.63) is 48.7 Å². The normalized spacial score (nSPS) is 15.6. The molecule has 162 valence electrons. The highest BCUT2D eigenvalue weighted by Gasteiger charge is 2.28. The fourth-order valence-electron chi connectivity index (χ4n) is 3.72. The Labute approximate surface area is 180 Å². The van der Waals surface area contributed by atoms with Gasteiger partial charge in [0, 0.05) is 36.7 Å². The SMILES string of the molecule is COc1cc(NC(=O)N2CCC(Oc3cccc4cccnc34)C2)cc(OC)c1OC. The Kier molecular flexibility index (Phi) is 5.97. The number of aromatic nitrogens is 1. The van der Waals surface area contributed by atoms with Gasteiger partial charge >= 0.3 is 6.03 Å². The molecule has 3 aromatic rings. The van der Waals surface area contributed by atoms with E-state index in [2.05, 4.69) is 10.3 Å². The van der Waals surface area contributed by atoms with Crippen molar-refractivity contribution < 1.29 is 23.7 Å². The van der Waals surface area contributed by atoms with Crippen LogP contribution >= 0.6 is 0 Å². The molecule has 2 amide bonds. The van der Waals surface area contributed by atoms with Gasteiger partial charge in [0.1, 0.15) is 17.4 Å². The molecule has 1 aliphatic heterocycles. The molecule has 2 heterocycles. The number of urea groups is 1. The number of methoxy groups -OCH3 is 3. The van der Waals surface area contributed by atoms with Gasteiger partial charge in [-0.25, -0.2) is 4.79 Å². The summed E-state index contributed by atoms with van der Waals surface area (Å²) in [6.45, 7) is 1.08. The first-order valence-corrected chi connectivity index (χ1v) is 9.99. The summed E-state index contributed by atoms with van der Waals surface area (Å²) in [5.74, 6) is 2.16. The third-order valence-electron chi connectivity index (χ3n) is 5.24. The molecular weight excluding hydrogens is 398 g/mol. The van der Waals surface area contributed by atoms with E-state index >= 15 is 0 Å². The van der Waals surface area contributed by atoms with E-state index < -0.39 is 0 Å². The molecule has 1 saturated heterocycles. The van der Waals surface area contributed by atoms with E-state index in [1.165, 1.54) is 21.3 Å². The van der Waals surface area contributed by atoms with E-state index in [1.807, 2.05) is 30.3 Å². The predicted octanol–water partition coefficient (Wildman–Crippen LogP) is 3.95. The molecule has 1 aliphatic rings. The number of hydrogen-bond donors (Lipinski definition) is 1. The van der Waals surface area contributed by atoms with Crippen LogP contribution in [-0.2, 0) is 0 Å². The molecule has 0 bridgehead atoms. The minimum absolute atomic E-state index is 0.0988. The molecule has 0 radical (unpaired) electrons. The summed E-state index contributed by atoms with van der Waals surface area (Å²) in [5, 5.41) is 3.93. The summed E-state index contributed by atoms with van der Waals surface area (Å²) in [4.78, 5) is 19.0. The first kappa shape index (κ1) is 20.6. The molecule has 31 heavy (non-hydrogen) atoms. The van der Waals surface area contributed by atoms with Crippen molar-refractivity contribution >= 4 is 22.6 Å². The van der Waals surface area contributed by atoms with Gasteiger partial charge < -0.3 is 29.2 Å². The fraction of sp³-hybridized carbons (Fsp3) is 0.304. The number of anilines is 1. The van der Waals surface area contributed by atoms with Crippen LogP contribution in [0.1, 0.15) is 6.42 Å². The zero-order valence-corrected chi connectivity index (χ0v) is 17.8. The molecule has 8 heteroatoms. The number of para-hydroxylation sites is 1. The summed E-state index contributed by atoms with van der Waals surface area (Å²) in [6, 6.07) is 12.9. The summed E-state index contributed by atoms with van der Waals surface area (Å²) in [5.41, 5.74) is 1.38. The lowest BCUT2D eigenvalue weighted by Gasteiger charge is -2.19. The van der Waals surface area contributed by atoms with Crippen LogP contribution in [0, 0.1) is 0 Å². The number of likely N-dealkylation sites (tertiary alicyclic amines) is 1. The van der Waals surface area contributed by atoms with Crippen molar-refractivity contribution in [3.63, 3.8) is 0 Å². The zero-order valence-electron chi connectivity index (χ0n) is 17.8. The van der Waals surface area contributed by atoms with Crippen LogP contribution in [0.2, 0.25) is 0 Å². The van der Waals surface area contributed by atoms with Crippen LogP contribution in [0.4, 0.5) is 10.5 Å². The topological polar surface area (TPSA) is 82.2 Å². The van der Waals surface area contributed by atoms with Crippen LogP contribution in [0.5, 0.6) is 23.0 Å². The van der Waals surface area contributed by atoms with Gasteiger partial charge in [-0.2, -0.15) is 0 Å². The number of ether oxygens (including phenoxy) is 4. The van der Waals surface area contributed by atoms with Gasteiger partial charge in [-0.15, -0.1) is 0 Å². The molecule has 0 saturated carbocycles. The molecular formula is C23H25N3O5. The number of benzene rings is 2. The largest absolute Gasteiger partial charge is 0.493 e. The summed E-state index contributed by atoms with van der Waals surface area (Å²) < 4.78 is 22.2. The molecule has 0 aliphatic carbocycles. The lowest BCUT2D eigenvalue weighted by atomic mass is 10.2. The van der Waals surface area contributed by atoms with E-state index in [9.17, 15) is 4.79 Å². The Hall–Kier alpha value is -3.68. The predicted molar refractivity (Wildman–Crippen MR) is 117 cm³/mol. The smallest absolute Gasteiger partial charge is 0.321 e. The second kappa shape index (κ2) is 8.99. The number of carbonyl (C=O) groups is 1. The minimum Gasteiger partial charge on any atom is -0.493 e. The standard InChI is InChI=1S/C23H25N3O5/c1-28-19-12-16(13-20(29-2)22(19)30-3)25-23(27)26-11-9-17(14-26)31-18-8-4-6-15-7-5-10-24-21(15)18/h4-8,10,12-13,17H,9,11,14H2,1-3H3,(H,25,27). The number of nitrogens with zero attached hydrogens (tertiary/aromatic N) is 2. The number of fused-ring (bicyclic) bond motifs is 1. The van der Waals surface area contributed by atoms with E-state index in [4.69, 9.17) is 18.9 Å². The molecule has 1 aromatic heterocycles. The Morgan fingerprint density at radius 3 is 2.48 bits per heavy atom. The maximum Gasteiger partial charge on any atom is 0.321 e. The van der Waals surface area contributed by atoms with Crippen LogP contribution in [0.3, 0.4) is 0 Å². The van der Waals surface area contributed by atoms with Crippen molar-refractivity contribution in [1.29, 1.82) is 0 Å². The Morgan fingerprint density at radius 1 is 1.03 bits per heavy atom. The first-order chi connectivity index (χ1) is 15.1. The highest BCUT2D eigenvalue weighted by Crippen LogP contribution is 2.40. The van der Waals surface area contributed by atoms with Crippen molar-refractivity contribution in [2.24, 2.45) is 0 Å². The number of hydrogen-bond acceptors (Lipinski definition) is 6. The van der Waals surface area contributed by atoms with Crippen LogP contribution in [-0.4, -0.2) is 56.4 Å². The average Bonchev–Trinajstić information content (AvgIpc) is 3.27. The molecule has 4 rings (SSSR count). The van der Waals surface area contributed by atoms with Gasteiger partial charge in [0.05, 0.1) is 33.6 Å². The fourth-order valence-corrected chi connectivity index (χ4v) is 3.72. The lowest BCUT2D eigenvalue weighted by Crippen LogP contribution is -2.34. The molecule has 8 nitrogen and oxygen atoms in total. The minimum atomic E-state index is -0.212. The number of nitrogens with one attached hydrogen (secondary N) is 1. The maximum absolute atomic E-state index is 12.8. The molecule has 1 atom stereocenters. The second-order valence-corrected chi connectivity index (χ2v) is 7.15. The van der Waals surface area contributed by atoms with Crippen LogP contribution in [0.15, 0.2) is 48.7 Å². The quantitative estimate of drug-likeness (QED) is 0.647. The molecule has 2 aromatic carbocycles. The highest BCUT2D eigenvalue weighted by molar-refractivity contribution is 5.90. The summed E-state index contributed by atoms with van der Waals surface area (Å²) in [7, 11) is 4.61. The molecule has 1 fully saturated rings. The van der Waals surface area contributed by atoms with Gasteiger partial charge in [0.25, 0.3) is 0 Å². The van der Waals surface area contributed by atoms with Gasteiger partial charge in [0.15, 0.2) is 11.5 Å². The van der Waals surface area contributed by atoms with E-state index in [1.54, 1.807) is 23.2 Å². The summed E-state index contributed by atoms with van der Waals surface area (Å²) >= 11 is 0. The Morgan fingerprint density at radius 2 is 1.77 bits per heavy atom. The highest BCUT2D eigenvalue weighted by atomic mass is 16.5. The second-order valence-electron chi connectivity index (χ2n) is 7.15. The van der Waals surface area contributed by atoms with E-state index in [-0.39, 0.29) is 12.1 Å². The Bertz CT molecular complexity index is 1060. The van der Waals surface area contributed by atoms with Crippen molar-refractivity contribution in [2.75, 3.05) is 39.7 Å². The maximum atomic E-state index is 12.8. The zero-order chi connectivity index (χ0) is 21.8. The number of amides is 2. The lowest BCUT2D eigenvalue weighted by molar-refractivity contribution is 0.196. The van der Waals surface area contributed by atoms with Crippen LogP contribution < -0.4 is 24.3 Å². The third-order valence-corrected chi connectivity index (χ3v) is 5.24. The number of pyridine rings is 1. The van der Waals surface area contributed by atoms with Crippen molar-refractivity contribution in [3.8, 4) is 23.0 Å². The molecule has 1 N–H and O–H groups in total. The van der Waals surface area contributed by atoms with Gasteiger partial charge in [-0.1, -0.05) is 18.2 Å². The van der Waals surface area contributed by atoms with Crippen molar-refractivity contribution in [1.82, 2.24) is 9.88 Å². The van der Waals surface area contributed by atoms with Gasteiger partial charge in [-0.05, 0) is 12.1 Å². The molecule has 0 spiro atoms. The number of rotatable bonds is 6. The van der Waals surface area contributed by atoms with E-state index in [0.29, 0.717) is 36.0 Å².